The quantitative estimate of drug-likeness (QED) is 0.659. The van der Waals surface area contributed by atoms with Crippen molar-refractivity contribution in [3.8, 4) is 0 Å². The lowest BCUT2D eigenvalue weighted by atomic mass is 10.4. The van der Waals surface area contributed by atoms with E-state index in [0.29, 0.717) is 12.1 Å². The highest BCUT2D eigenvalue weighted by Gasteiger charge is 2.19. The van der Waals surface area contributed by atoms with E-state index in [2.05, 4.69) is 19.9 Å². The molecule has 0 atom stereocenters. The maximum atomic E-state index is 11.5. The van der Waals surface area contributed by atoms with Crippen LogP contribution >= 0.6 is 11.8 Å². The molecular formula is C11H13N5OS. The van der Waals surface area contributed by atoms with Gasteiger partial charge in [-0.25, -0.2) is 15.0 Å². The summed E-state index contributed by atoms with van der Waals surface area (Å²) < 4.78 is 0. The number of nitrogens with zero attached hydrogens (tertiary/aromatic N) is 4. The first-order valence-electron chi connectivity index (χ1n) is 5.89. The van der Waals surface area contributed by atoms with Crippen LogP contribution in [0.5, 0.6) is 0 Å². The van der Waals surface area contributed by atoms with E-state index in [1.165, 1.54) is 6.33 Å². The summed E-state index contributed by atoms with van der Waals surface area (Å²) in [5.41, 5.74) is 1.56. The van der Waals surface area contributed by atoms with Crippen molar-refractivity contribution in [1.82, 2.24) is 24.8 Å². The Hall–Kier alpha value is -1.63. The third kappa shape index (κ3) is 2.17. The fraction of sp³-hybridized carbons (Fsp3) is 0.455. The van der Waals surface area contributed by atoms with E-state index in [4.69, 9.17) is 0 Å². The van der Waals surface area contributed by atoms with E-state index in [1.54, 1.807) is 18.1 Å². The minimum absolute atomic E-state index is 0.268. The Kier molecular flexibility index (Phi) is 3.14. The van der Waals surface area contributed by atoms with Gasteiger partial charge in [0.15, 0.2) is 5.65 Å². The van der Waals surface area contributed by atoms with Gasteiger partial charge in [0, 0.05) is 25.3 Å². The van der Waals surface area contributed by atoms with Crippen molar-refractivity contribution in [3.05, 3.63) is 12.7 Å². The van der Waals surface area contributed by atoms with E-state index < -0.39 is 0 Å². The number of fused-ring (bicyclic) bond motifs is 1. The number of likely N-dealkylation sites (tertiary alicyclic amines) is 1. The largest absolute Gasteiger partial charge is 0.342 e. The van der Waals surface area contributed by atoms with Gasteiger partial charge >= 0.3 is 0 Å². The fourth-order valence-electron chi connectivity index (χ4n) is 2.05. The van der Waals surface area contributed by atoms with E-state index in [0.717, 1.165) is 35.8 Å². The molecule has 0 radical (unpaired) electrons. The molecule has 1 fully saturated rings. The van der Waals surface area contributed by atoms with E-state index >= 15 is 0 Å². The van der Waals surface area contributed by atoms with Crippen LogP contribution in [-0.2, 0) is 4.79 Å². The number of carbonyl (C=O) groups is 1. The Morgan fingerprint density at radius 2 is 2.33 bits per heavy atom. The zero-order valence-electron chi connectivity index (χ0n) is 9.80. The molecule has 6 nitrogen and oxygen atoms in total. The van der Waals surface area contributed by atoms with Crippen molar-refractivity contribution in [1.29, 1.82) is 0 Å². The van der Waals surface area contributed by atoms with Gasteiger partial charge in [-0.3, -0.25) is 4.79 Å². The summed E-state index contributed by atoms with van der Waals surface area (Å²) >= 11 is 1.63. The number of hydrogen-bond donors (Lipinski definition) is 1. The first kappa shape index (κ1) is 11.5. The first-order valence-corrected chi connectivity index (χ1v) is 6.88. The Labute approximate surface area is 108 Å². The number of aromatic nitrogens is 4. The molecule has 18 heavy (non-hydrogen) atoms. The van der Waals surface area contributed by atoms with E-state index in [1.807, 2.05) is 4.90 Å². The summed E-state index contributed by atoms with van der Waals surface area (Å²) in [6.45, 7) is 1.67. The molecule has 1 aliphatic rings. The second-order valence-corrected chi connectivity index (χ2v) is 5.20. The number of hydrogen-bond acceptors (Lipinski definition) is 5. The average Bonchev–Trinajstić information content (AvgIpc) is 2.99. The van der Waals surface area contributed by atoms with Crippen molar-refractivity contribution in [2.75, 3.05) is 18.8 Å². The van der Waals surface area contributed by atoms with Gasteiger partial charge in [0.2, 0.25) is 5.91 Å². The van der Waals surface area contributed by atoms with Crippen LogP contribution in [0, 0.1) is 0 Å². The molecule has 0 spiro atoms. The van der Waals surface area contributed by atoms with Crippen LogP contribution in [-0.4, -0.2) is 49.6 Å². The molecule has 1 saturated heterocycles. The minimum atomic E-state index is 0.268. The molecule has 0 aliphatic carbocycles. The number of amides is 1. The molecule has 0 unspecified atom stereocenters. The van der Waals surface area contributed by atoms with Gasteiger partial charge < -0.3 is 9.88 Å². The highest BCUT2D eigenvalue weighted by Crippen LogP contribution is 2.22. The highest BCUT2D eigenvalue weighted by molar-refractivity contribution is 7.99. The lowest BCUT2D eigenvalue weighted by Gasteiger charge is -2.14. The molecular weight excluding hydrogens is 250 g/mol. The third-order valence-corrected chi connectivity index (χ3v) is 3.93. The summed E-state index contributed by atoms with van der Waals surface area (Å²) in [5, 5.41) is 0.893. The normalized spacial score (nSPS) is 15.8. The molecule has 1 aliphatic heterocycles. The number of rotatable bonds is 4. The summed E-state index contributed by atoms with van der Waals surface area (Å²) in [5.74, 6) is 1.11. The van der Waals surface area contributed by atoms with Crippen LogP contribution in [0.2, 0.25) is 0 Å². The summed E-state index contributed by atoms with van der Waals surface area (Å²) in [7, 11) is 0. The molecule has 1 amide bonds. The van der Waals surface area contributed by atoms with Crippen LogP contribution in [0.15, 0.2) is 17.7 Å². The second kappa shape index (κ2) is 4.93. The van der Waals surface area contributed by atoms with Gasteiger partial charge in [-0.1, -0.05) is 0 Å². The number of thioether (sulfide) groups is 1. The van der Waals surface area contributed by atoms with Gasteiger partial charge in [0.1, 0.15) is 16.9 Å². The van der Waals surface area contributed by atoms with Crippen molar-refractivity contribution in [3.63, 3.8) is 0 Å². The maximum absolute atomic E-state index is 11.5. The topological polar surface area (TPSA) is 74.8 Å². The van der Waals surface area contributed by atoms with Crippen LogP contribution in [0.1, 0.15) is 12.8 Å². The van der Waals surface area contributed by atoms with Gasteiger partial charge in [0.25, 0.3) is 0 Å². The molecule has 2 aromatic heterocycles. The third-order valence-electron chi connectivity index (χ3n) is 2.96. The monoisotopic (exact) mass is 263 g/mol. The van der Waals surface area contributed by atoms with Gasteiger partial charge in [0.05, 0.1) is 6.33 Å². The zero-order valence-corrected chi connectivity index (χ0v) is 10.6. The lowest BCUT2D eigenvalue weighted by molar-refractivity contribution is -0.127. The second-order valence-electron chi connectivity index (χ2n) is 4.11. The molecule has 0 aromatic carbocycles. The zero-order chi connectivity index (χ0) is 12.4. The molecule has 3 heterocycles. The SMILES string of the molecule is O=C1CCCN1CCSc1ncnc2nc[nH]c12. The summed E-state index contributed by atoms with van der Waals surface area (Å²) in [4.78, 5) is 28.8. The molecule has 0 saturated carbocycles. The Morgan fingerprint density at radius 3 is 3.17 bits per heavy atom. The molecule has 94 valence electrons. The van der Waals surface area contributed by atoms with Crippen molar-refractivity contribution in [2.24, 2.45) is 0 Å². The lowest BCUT2D eigenvalue weighted by Crippen LogP contribution is -2.26. The van der Waals surface area contributed by atoms with E-state index in [9.17, 15) is 4.79 Å². The number of aromatic amines is 1. The van der Waals surface area contributed by atoms with E-state index in [-0.39, 0.29) is 5.91 Å². The maximum Gasteiger partial charge on any atom is 0.222 e. The molecule has 1 N–H and O–H groups in total. The molecule has 3 rings (SSSR count). The Balaban J connectivity index is 1.63. The average molecular weight is 263 g/mol. The molecule has 2 aromatic rings. The van der Waals surface area contributed by atoms with Crippen molar-refractivity contribution < 1.29 is 4.79 Å². The predicted molar refractivity (Wildman–Crippen MR) is 68.2 cm³/mol. The van der Waals surface area contributed by atoms with Crippen molar-refractivity contribution >= 4 is 28.8 Å². The van der Waals surface area contributed by atoms with Crippen molar-refractivity contribution in [2.45, 2.75) is 17.9 Å². The van der Waals surface area contributed by atoms with Crippen LogP contribution in [0.3, 0.4) is 0 Å². The smallest absolute Gasteiger partial charge is 0.222 e. The first-order chi connectivity index (χ1) is 8.84. The number of nitrogens with one attached hydrogen (secondary N) is 1. The number of H-pyrrole nitrogens is 1. The Bertz CT molecular complexity index is 569. The predicted octanol–water partition coefficient (Wildman–Crippen LogP) is 1.07. The van der Waals surface area contributed by atoms with Crippen LogP contribution in [0.4, 0.5) is 0 Å². The van der Waals surface area contributed by atoms with Gasteiger partial charge in [-0.05, 0) is 6.42 Å². The molecule has 7 heteroatoms. The highest BCUT2D eigenvalue weighted by atomic mass is 32.2. The van der Waals surface area contributed by atoms with Gasteiger partial charge in [-0.2, -0.15) is 0 Å². The Morgan fingerprint density at radius 1 is 1.39 bits per heavy atom. The standard InChI is InChI=1S/C11H13N5OS/c17-8-2-1-3-16(8)4-5-18-11-9-10(13-6-12-9)14-7-15-11/h6-7H,1-5H2,(H,12,13,14,15). The number of carbonyl (C=O) groups excluding carboxylic acids is 1. The summed E-state index contributed by atoms with van der Waals surface area (Å²) in [6, 6.07) is 0. The summed E-state index contributed by atoms with van der Waals surface area (Å²) in [6.07, 6.45) is 4.82. The minimum Gasteiger partial charge on any atom is -0.342 e. The molecule has 0 bridgehead atoms. The number of imidazole rings is 1. The van der Waals surface area contributed by atoms with Crippen LogP contribution in [0.25, 0.3) is 11.2 Å². The fourth-order valence-corrected chi connectivity index (χ4v) is 2.97. The van der Waals surface area contributed by atoms with Gasteiger partial charge in [-0.15, -0.1) is 11.8 Å². The van der Waals surface area contributed by atoms with Crippen LogP contribution < -0.4 is 0 Å².